The SMILES string of the molecule is C[C@H](CCO)CC(=O)Nc1ccc(C#N)cc1. The molecule has 1 amide bonds. The summed E-state index contributed by atoms with van der Waals surface area (Å²) in [5, 5.41) is 20.1. The second-order valence-electron chi connectivity index (χ2n) is 4.06. The molecule has 0 unspecified atom stereocenters. The molecule has 0 fully saturated rings. The Hall–Kier alpha value is -1.86. The average molecular weight is 232 g/mol. The molecule has 1 rings (SSSR count). The van der Waals surface area contributed by atoms with Crippen molar-refractivity contribution in [1.29, 1.82) is 5.26 Å². The van der Waals surface area contributed by atoms with Crippen LogP contribution >= 0.6 is 0 Å². The number of aliphatic hydroxyl groups excluding tert-OH is 1. The van der Waals surface area contributed by atoms with E-state index in [1.54, 1.807) is 24.3 Å². The molecule has 1 aromatic carbocycles. The molecule has 0 aliphatic rings. The molecular formula is C13H16N2O2. The Labute approximate surface area is 101 Å². The fourth-order valence-corrected chi connectivity index (χ4v) is 1.48. The average Bonchev–Trinajstić information content (AvgIpc) is 2.30. The van der Waals surface area contributed by atoms with Gasteiger partial charge in [-0.2, -0.15) is 5.26 Å². The van der Waals surface area contributed by atoms with E-state index in [1.165, 1.54) is 0 Å². The summed E-state index contributed by atoms with van der Waals surface area (Å²) >= 11 is 0. The molecule has 0 aliphatic carbocycles. The Kier molecular flexibility index (Phi) is 5.18. The van der Waals surface area contributed by atoms with Crippen LogP contribution in [0.3, 0.4) is 0 Å². The number of aliphatic hydroxyl groups is 1. The van der Waals surface area contributed by atoms with E-state index in [4.69, 9.17) is 10.4 Å². The highest BCUT2D eigenvalue weighted by Gasteiger charge is 2.08. The lowest BCUT2D eigenvalue weighted by Gasteiger charge is -2.10. The molecule has 2 N–H and O–H groups in total. The lowest BCUT2D eigenvalue weighted by molar-refractivity contribution is -0.117. The summed E-state index contributed by atoms with van der Waals surface area (Å²) in [4.78, 5) is 11.6. The van der Waals surface area contributed by atoms with E-state index in [2.05, 4.69) is 5.32 Å². The maximum absolute atomic E-state index is 11.6. The summed E-state index contributed by atoms with van der Waals surface area (Å²) in [5.41, 5.74) is 1.25. The molecule has 17 heavy (non-hydrogen) atoms. The summed E-state index contributed by atoms with van der Waals surface area (Å²) in [6.07, 6.45) is 1.02. The summed E-state index contributed by atoms with van der Waals surface area (Å²) in [6, 6.07) is 8.74. The first-order valence-corrected chi connectivity index (χ1v) is 5.56. The Morgan fingerprint density at radius 2 is 2.12 bits per heavy atom. The van der Waals surface area contributed by atoms with Gasteiger partial charge in [0.15, 0.2) is 0 Å². The van der Waals surface area contributed by atoms with E-state index in [0.717, 1.165) is 0 Å². The number of carbonyl (C=O) groups is 1. The molecule has 4 nitrogen and oxygen atoms in total. The smallest absolute Gasteiger partial charge is 0.224 e. The van der Waals surface area contributed by atoms with Crippen LogP contribution in [0.25, 0.3) is 0 Å². The zero-order chi connectivity index (χ0) is 12.7. The molecule has 1 atom stereocenters. The van der Waals surface area contributed by atoms with Gasteiger partial charge in [-0.15, -0.1) is 0 Å². The minimum Gasteiger partial charge on any atom is -0.396 e. The minimum atomic E-state index is -0.0735. The van der Waals surface area contributed by atoms with Gasteiger partial charge >= 0.3 is 0 Å². The van der Waals surface area contributed by atoms with Gasteiger partial charge in [-0.3, -0.25) is 4.79 Å². The molecule has 0 saturated heterocycles. The third-order valence-electron chi connectivity index (χ3n) is 2.45. The maximum atomic E-state index is 11.6. The third kappa shape index (κ3) is 4.66. The van der Waals surface area contributed by atoms with Gasteiger partial charge in [0.05, 0.1) is 11.6 Å². The van der Waals surface area contributed by atoms with Crippen LogP contribution in [0.15, 0.2) is 24.3 Å². The van der Waals surface area contributed by atoms with Crippen molar-refractivity contribution in [3.8, 4) is 6.07 Å². The maximum Gasteiger partial charge on any atom is 0.224 e. The van der Waals surface area contributed by atoms with Crippen molar-refractivity contribution in [3.05, 3.63) is 29.8 Å². The van der Waals surface area contributed by atoms with Crippen molar-refractivity contribution in [3.63, 3.8) is 0 Å². The highest BCUT2D eigenvalue weighted by molar-refractivity contribution is 5.90. The number of benzene rings is 1. The largest absolute Gasteiger partial charge is 0.396 e. The Morgan fingerprint density at radius 1 is 1.47 bits per heavy atom. The summed E-state index contributed by atoms with van der Waals surface area (Å²) in [7, 11) is 0. The quantitative estimate of drug-likeness (QED) is 0.814. The molecule has 0 radical (unpaired) electrons. The first kappa shape index (κ1) is 13.2. The van der Waals surface area contributed by atoms with E-state index in [0.29, 0.717) is 24.1 Å². The van der Waals surface area contributed by atoms with E-state index >= 15 is 0 Å². The topological polar surface area (TPSA) is 73.1 Å². The summed E-state index contributed by atoms with van der Waals surface area (Å²) < 4.78 is 0. The zero-order valence-electron chi connectivity index (χ0n) is 9.81. The molecular weight excluding hydrogens is 216 g/mol. The van der Waals surface area contributed by atoms with Crippen LogP contribution in [-0.4, -0.2) is 17.6 Å². The van der Waals surface area contributed by atoms with Crippen LogP contribution < -0.4 is 5.32 Å². The monoisotopic (exact) mass is 232 g/mol. The fourth-order valence-electron chi connectivity index (χ4n) is 1.48. The van der Waals surface area contributed by atoms with Crippen LogP contribution in [0.2, 0.25) is 0 Å². The van der Waals surface area contributed by atoms with Crippen molar-refractivity contribution in [2.24, 2.45) is 5.92 Å². The molecule has 0 spiro atoms. The summed E-state index contributed by atoms with van der Waals surface area (Å²) in [6.45, 7) is 2.03. The Balaban J connectivity index is 2.48. The number of carbonyl (C=O) groups excluding carboxylic acids is 1. The Morgan fingerprint density at radius 3 is 2.65 bits per heavy atom. The second-order valence-corrected chi connectivity index (χ2v) is 4.06. The normalized spacial score (nSPS) is 11.6. The fraction of sp³-hybridized carbons (Fsp3) is 0.385. The first-order valence-electron chi connectivity index (χ1n) is 5.56. The predicted molar refractivity (Wildman–Crippen MR) is 65.3 cm³/mol. The number of nitrogens with zero attached hydrogens (tertiary/aromatic N) is 1. The minimum absolute atomic E-state index is 0.0735. The van der Waals surface area contributed by atoms with E-state index in [1.807, 2.05) is 13.0 Å². The van der Waals surface area contributed by atoms with Crippen LogP contribution in [0.1, 0.15) is 25.3 Å². The number of rotatable bonds is 5. The lowest BCUT2D eigenvalue weighted by Crippen LogP contribution is -2.15. The van der Waals surface area contributed by atoms with Crippen molar-refractivity contribution >= 4 is 11.6 Å². The third-order valence-corrected chi connectivity index (χ3v) is 2.45. The van der Waals surface area contributed by atoms with Crippen LogP contribution in [0.4, 0.5) is 5.69 Å². The van der Waals surface area contributed by atoms with Gasteiger partial charge < -0.3 is 10.4 Å². The molecule has 90 valence electrons. The summed E-state index contributed by atoms with van der Waals surface area (Å²) in [5.74, 6) is 0.0917. The Bertz CT molecular complexity index is 406. The van der Waals surface area contributed by atoms with E-state index in [9.17, 15) is 4.79 Å². The van der Waals surface area contributed by atoms with E-state index in [-0.39, 0.29) is 18.4 Å². The highest BCUT2D eigenvalue weighted by Crippen LogP contribution is 2.12. The van der Waals surface area contributed by atoms with Gasteiger partial charge in [0, 0.05) is 18.7 Å². The predicted octanol–water partition coefficient (Wildman–Crippen LogP) is 1.91. The molecule has 0 aliphatic heterocycles. The van der Waals surface area contributed by atoms with Crippen molar-refractivity contribution in [2.75, 3.05) is 11.9 Å². The molecule has 0 aromatic heterocycles. The molecule has 0 saturated carbocycles. The standard InChI is InChI=1S/C13H16N2O2/c1-10(6-7-16)8-13(17)15-12-4-2-11(9-14)3-5-12/h2-5,10,16H,6-8H2,1H3,(H,15,17)/t10-/m1/s1. The van der Waals surface area contributed by atoms with Gasteiger partial charge in [-0.1, -0.05) is 6.92 Å². The molecule has 0 bridgehead atoms. The number of hydrogen-bond acceptors (Lipinski definition) is 3. The van der Waals surface area contributed by atoms with Gasteiger partial charge in [-0.25, -0.2) is 0 Å². The van der Waals surface area contributed by atoms with Crippen molar-refractivity contribution in [2.45, 2.75) is 19.8 Å². The number of nitrogens with one attached hydrogen (secondary N) is 1. The number of hydrogen-bond donors (Lipinski definition) is 2. The van der Waals surface area contributed by atoms with Gasteiger partial charge in [0.2, 0.25) is 5.91 Å². The first-order chi connectivity index (χ1) is 8.15. The second kappa shape index (κ2) is 6.66. The van der Waals surface area contributed by atoms with Gasteiger partial charge in [0.1, 0.15) is 0 Å². The molecule has 4 heteroatoms. The van der Waals surface area contributed by atoms with Crippen LogP contribution in [0, 0.1) is 17.2 Å². The zero-order valence-corrected chi connectivity index (χ0v) is 9.81. The van der Waals surface area contributed by atoms with Gasteiger partial charge in [-0.05, 0) is 36.6 Å². The highest BCUT2D eigenvalue weighted by atomic mass is 16.3. The number of amides is 1. The molecule has 1 aromatic rings. The van der Waals surface area contributed by atoms with Crippen LogP contribution in [-0.2, 0) is 4.79 Å². The van der Waals surface area contributed by atoms with Crippen molar-refractivity contribution in [1.82, 2.24) is 0 Å². The number of anilines is 1. The van der Waals surface area contributed by atoms with Crippen LogP contribution in [0.5, 0.6) is 0 Å². The van der Waals surface area contributed by atoms with E-state index < -0.39 is 0 Å². The lowest BCUT2D eigenvalue weighted by atomic mass is 10.0. The molecule has 0 heterocycles. The van der Waals surface area contributed by atoms with Gasteiger partial charge in [0.25, 0.3) is 0 Å². The van der Waals surface area contributed by atoms with Crippen molar-refractivity contribution < 1.29 is 9.90 Å². The number of nitriles is 1.